The molecule has 0 aromatic heterocycles. The van der Waals surface area contributed by atoms with Crippen molar-refractivity contribution in [1.29, 1.82) is 0 Å². The van der Waals surface area contributed by atoms with E-state index >= 15 is 4.39 Å². The van der Waals surface area contributed by atoms with E-state index in [0.29, 0.717) is 10.6 Å². The van der Waals surface area contributed by atoms with Crippen molar-refractivity contribution < 1.29 is 9.18 Å². The lowest BCUT2D eigenvalue weighted by molar-refractivity contribution is -0.130. The molecule has 6 heteroatoms. The van der Waals surface area contributed by atoms with Crippen molar-refractivity contribution in [3.63, 3.8) is 0 Å². The van der Waals surface area contributed by atoms with Crippen LogP contribution in [0.2, 0.25) is 5.02 Å². The van der Waals surface area contributed by atoms with E-state index in [1.54, 1.807) is 12.1 Å². The van der Waals surface area contributed by atoms with Gasteiger partial charge in [-0.2, -0.15) is 0 Å². The van der Waals surface area contributed by atoms with Crippen LogP contribution in [-0.2, 0) is 10.5 Å². The van der Waals surface area contributed by atoms with E-state index in [0.717, 1.165) is 62.7 Å². The van der Waals surface area contributed by atoms with Crippen molar-refractivity contribution in [2.45, 2.75) is 75.9 Å². The van der Waals surface area contributed by atoms with E-state index in [4.69, 9.17) is 11.6 Å². The highest BCUT2D eigenvalue weighted by atomic mass is 35.5. The molecule has 0 saturated heterocycles. The highest BCUT2D eigenvalue weighted by Gasteiger charge is 2.53. The lowest BCUT2D eigenvalue weighted by atomic mass is 9.70. The topological polar surface area (TPSA) is 53.2 Å². The predicted octanol–water partition coefficient (Wildman–Crippen LogP) is 6.81. The van der Waals surface area contributed by atoms with Gasteiger partial charge in [-0.25, -0.2) is 4.39 Å². The summed E-state index contributed by atoms with van der Waals surface area (Å²) in [4.78, 5) is 14.1. The van der Waals surface area contributed by atoms with Crippen LogP contribution in [0.3, 0.4) is 0 Å². The van der Waals surface area contributed by atoms with Gasteiger partial charge in [0.1, 0.15) is 11.5 Å². The number of amides is 1. The van der Waals surface area contributed by atoms with Crippen LogP contribution in [0.4, 0.5) is 15.8 Å². The molecular weight excluding hydrogens is 437 g/mol. The van der Waals surface area contributed by atoms with Crippen LogP contribution in [-0.4, -0.2) is 11.9 Å². The van der Waals surface area contributed by atoms with Crippen molar-refractivity contribution in [3.8, 4) is 0 Å². The minimum absolute atomic E-state index is 0.0148. The van der Waals surface area contributed by atoms with Crippen LogP contribution in [0.1, 0.15) is 69.8 Å². The van der Waals surface area contributed by atoms with Gasteiger partial charge < -0.3 is 16.0 Å². The van der Waals surface area contributed by atoms with Crippen molar-refractivity contribution in [3.05, 3.63) is 58.9 Å². The Balaban J connectivity index is 1.60. The maximum atomic E-state index is 15.5. The Labute approximate surface area is 200 Å². The van der Waals surface area contributed by atoms with Gasteiger partial charge in [0.25, 0.3) is 0 Å². The molecule has 2 saturated carbocycles. The third-order valence-corrected chi connectivity index (χ3v) is 8.00. The molecule has 3 N–H and O–H groups in total. The molecule has 0 spiro atoms. The summed E-state index contributed by atoms with van der Waals surface area (Å²) in [6.07, 6.45) is 10.9. The third-order valence-electron chi connectivity index (χ3n) is 7.77. The molecular formula is C27H33ClFN3O. The summed E-state index contributed by atoms with van der Waals surface area (Å²) in [5, 5.41) is 11.0. The number of para-hydroxylation sites is 2. The second-order valence-electron chi connectivity index (χ2n) is 9.95. The van der Waals surface area contributed by atoms with Gasteiger partial charge >= 0.3 is 0 Å². The molecule has 4 nitrogen and oxygen atoms in total. The van der Waals surface area contributed by atoms with E-state index < -0.39 is 11.6 Å². The summed E-state index contributed by atoms with van der Waals surface area (Å²) in [6.45, 7) is 0. The molecule has 5 rings (SSSR count). The Bertz CT molecular complexity index is 976. The lowest BCUT2D eigenvalue weighted by Crippen LogP contribution is -2.57. The minimum Gasteiger partial charge on any atom is -0.357 e. The molecule has 176 valence electrons. The predicted molar refractivity (Wildman–Crippen MR) is 132 cm³/mol. The third kappa shape index (κ3) is 4.44. The second-order valence-corrected chi connectivity index (χ2v) is 10.4. The second kappa shape index (κ2) is 9.54. The van der Waals surface area contributed by atoms with Crippen molar-refractivity contribution in [2.75, 3.05) is 10.6 Å². The van der Waals surface area contributed by atoms with Crippen LogP contribution >= 0.6 is 11.6 Å². The normalized spacial score (nSPS) is 21.5. The molecule has 2 aliphatic carbocycles. The quantitative estimate of drug-likeness (QED) is 0.450. The zero-order chi connectivity index (χ0) is 22.8. The monoisotopic (exact) mass is 469 g/mol. The van der Waals surface area contributed by atoms with E-state index in [1.807, 2.05) is 24.3 Å². The fourth-order valence-corrected chi connectivity index (χ4v) is 6.36. The van der Waals surface area contributed by atoms with Gasteiger partial charge in [0.2, 0.25) is 5.91 Å². The van der Waals surface area contributed by atoms with E-state index in [2.05, 4.69) is 16.0 Å². The first-order valence-corrected chi connectivity index (χ1v) is 12.9. The first-order chi connectivity index (χ1) is 16.1. The highest BCUT2D eigenvalue weighted by Crippen LogP contribution is 2.49. The lowest BCUT2D eigenvalue weighted by Gasteiger charge is -2.44. The van der Waals surface area contributed by atoms with Gasteiger partial charge in [0, 0.05) is 16.6 Å². The Morgan fingerprint density at radius 1 is 0.939 bits per heavy atom. The Morgan fingerprint density at radius 3 is 2.18 bits per heavy atom. The van der Waals surface area contributed by atoms with Gasteiger partial charge in [-0.05, 0) is 61.9 Å². The summed E-state index contributed by atoms with van der Waals surface area (Å²) in [5.41, 5.74) is 1.06. The molecule has 1 unspecified atom stereocenters. The summed E-state index contributed by atoms with van der Waals surface area (Å²) in [6, 6.07) is 12.7. The van der Waals surface area contributed by atoms with Crippen LogP contribution in [0.5, 0.6) is 0 Å². The number of halogens is 2. The Kier molecular flexibility index (Phi) is 6.51. The van der Waals surface area contributed by atoms with Gasteiger partial charge in [-0.1, -0.05) is 62.3 Å². The Hall–Kier alpha value is -2.27. The average Bonchev–Trinajstić information content (AvgIpc) is 3.22. The molecule has 1 atom stereocenters. The number of rotatable bonds is 5. The fraction of sp³-hybridized carbons (Fsp3) is 0.519. The molecule has 2 aromatic rings. The molecule has 3 aliphatic rings. The number of benzene rings is 2. The van der Waals surface area contributed by atoms with Gasteiger partial charge in [-0.3, -0.25) is 4.79 Å². The standard InChI is InChI=1S/C27H33ClFN3O/c28-19-15-16-22(29)21(17-19)27(31-23-13-7-8-14-24(23)32-27)25(18-9-3-1-4-10-18)26(33)30-20-11-5-2-6-12-20/h7-8,13-18,20,25,31-32H,1-6,9-12H2,(H,30,33). The number of anilines is 2. The van der Waals surface area contributed by atoms with Gasteiger partial charge in [0.15, 0.2) is 0 Å². The molecule has 0 bridgehead atoms. The minimum atomic E-state index is -1.10. The van der Waals surface area contributed by atoms with E-state index in [9.17, 15) is 4.79 Å². The summed E-state index contributed by atoms with van der Waals surface area (Å²) in [7, 11) is 0. The fourth-order valence-electron chi connectivity index (χ4n) is 6.18. The highest BCUT2D eigenvalue weighted by molar-refractivity contribution is 6.30. The van der Waals surface area contributed by atoms with Crippen molar-refractivity contribution in [1.82, 2.24) is 5.32 Å². The molecule has 0 radical (unpaired) electrons. The molecule has 2 fully saturated rings. The maximum Gasteiger partial charge on any atom is 0.228 e. The first kappa shape index (κ1) is 22.5. The largest absolute Gasteiger partial charge is 0.357 e. The average molecular weight is 470 g/mol. The number of hydrogen-bond donors (Lipinski definition) is 3. The molecule has 2 aromatic carbocycles. The maximum absolute atomic E-state index is 15.5. The van der Waals surface area contributed by atoms with Gasteiger partial charge in [0.05, 0.1) is 17.3 Å². The van der Waals surface area contributed by atoms with Crippen LogP contribution in [0.25, 0.3) is 0 Å². The Morgan fingerprint density at radius 2 is 1.55 bits per heavy atom. The van der Waals surface area contributed by atoms with E-state index in [1.165, 1.54) is 18.9 Å². The summed E-state index contributed by atoms with van der Waals surface area (Å²) >= 11 is 6.37. The van der Waals surface area contributed by atoms with Crippen LogP contribution in [0.15, 0.2) is 42.5 Å². The number of hydrogen-bond acceptors (Lipinski definition) is 3. The molecule has 1 heterocycles. The smallest absolute Gasteiger partial charge is 0.228 e. The molecule has 33 heavy (non-hydrogen) atoms. The number of carbonyl (C=O) groups excluding carboxylic acids is 1. The number of nitrogens with one attached hydrogen (secondary N) is 3. The molecule has 1 aliphatic heterocycles. The number of carbonyl (C=O) groups is 1. The molecule has 1 amide bonds. The zero-order valence-electron chi connectivity index (χ0n) is 19.0. The first-order valence-electron chi connectivity index (χ1n) is 12.5. The van der Waals surface area contributed by atoms with Crippen LogP contribution < -0.4 is 16.0 Å². The van der Waals surface area contributed by atoms with Crippen LogP contribution in [0, 0.1) is 17.7 Å². The van der Waals surface area contributed by atoms with Gasteiger partial charge in [-0.15, -0.1) is 0 Å². The van der Waals surface area contributed by atoms with Crippen molar-refractivity contribution in [2.24, 2.45) is 11.8 Å². The van der Waals surface area contributed by atoms with Crippen molar-refractivity contribution >= 4 is 28.9 Å². The number of fused-ring (bicyclic) bond motifs is 1. The van der Waals surface area contributed by atoms with E-state index in [-0.39, 0.29) is 23.7 Å². The zero-order valence-corrected chi connectivity index (χ0v) is 19.8. The summed E-state index contributed by atoms with van der Waals surface area (Å²) in [5.74, 6) is -0.672. The SMILES string of the molecule is O=C(NC1CCCCC1)C(C1CCCCC1)C1(c2cc(Cl)ccc2F)Nc2ccccc2N1. The summed E-state index contributed by atoms with van der Waals surface area (Å²) < 4.78 is 15.5.